The molecule has 2 aromatic rings. The zero-order valence-corrected chi connectivity index (χ0v) is 15.0. The summed E-state index contributed by atoms with van der Waals surface area (Å²) in [6.07, 6.45) is 0.638. The van der Waals surface area contributed by atoms with Crippen molar-refractivity contribution in [3.05, 3.63) is 65.5 Å². The first-order valence-electron chi connectivity index (χ1n) is 8.25. The van der Waals surface area contributed by atoms with Crippen LogP contribution < -0.4 is 5.73 Å². The number of rotatable bonds is 2. The number of hydrogen-bond donors (Lipinski definition) is 1. The smallest absolute Gasteiger partial charge is 0.256 e. The molecule has 138 valence electrons. The first-order valence-corrected chi connectivity index (χ1v) is 8.25. The topological polar surface area (TPSA) is 66.6 Å². The molecule has 1 heterocycles. The van der Waals surface area contributed by atoms with E-state index in [-0.39, 0.29) is 29.8 Å². The third-order valence-corrected chi connectivity index (χ3v) is 4.37. The minimum atomic E-state index is -0.526. The van der Waals surface area contributed by atoms with Crippen molar-refractivity contribution in [3.8, 4) is 0 Å². The number of amides is 2. The normalized spacial score (nSPS) is 14.3. The van der Waals surface area contributed by atoms with Crippen molar-refractivity contribution in [1.82, 2.24) is 9.80 Å². The van der Waals surface area contributed by atoms with E-state index in [1.165, 1.54) is 12.1 Å². The van der Waals surface area contributed by atoms with E-state index in [9.17, 15) is 14.0 Å². The highest BCUT2D eigenvalue weighted by molar-refractivity contribution is 5.99. The van der Waals surface area contributed by atoms with Gasteiger partial charge in [-0.2, -0.15) is 0 Å². The number of carbonyl (C=O) groups is 2. The molecule has 0 aromatic heterocycles. The Bertz CT molecular complexity index is 734. The van der Waals surface area contributed by atoms with E-state index in [2.05, 4.69) is 0 Å². The standard InChI is InChI=1S/C19H20FN3O2.ClH/c20-16-8-3-1-6-14(16)18(24)22-10-5-11-23(13-12-22)19(25)15-7-2-4-9-17(15)21;/h1-4,6-9H,5,10-13,21H2;1H. The Hall–Kier alpha value is -2.60. The molecular formula is C19H21ClFN3O2. The SMILES string of the molecule is Cl.Nc1ccccc1C(=O)N1CCCN(C(=O)c2ccccc2F)CC1. The van der Waals surface area contributed by atoms with E-state index in [0.717, 1.165) is 0 Å². The van der Waals surface area contributed by atoms with Crippen molar-refractivity contribution in [1.29, 1.82) is 0 Å². The van der Waals surface area contributed by atoms with Gasteiger partial charge in [-0.05, 0) is 30.7 Å². The van der Waals surface area contributed by atoms with Gasteiger partial charge in [0.15, 0.2) is 0 Å². The van der Waals surface area contributed by atoms with Crippen molar-refractivity contribution in [3.63, 3.8) is 0 Å². The van der Waals surface area contributed by atoms with Crippen LogP contribution in [0.1, 0.15) is 27.1 Å². The van der Waals surface area contributed by atoms with Crippen molar-refractivity contribution in [2.75, 3.05) is 31.9 Å². The molecule has 7 heteroatoms. The Labute approximate surface area is 158 Å². The fourth-order valence-corrected chi connectivity index (χ4v) is 2.99. The van der Waals surface area contributed by atoms with Crippen LogP contribution in [0, 0.1) is 5.82 Å². The van der Waals surface area contributed by atoms with Crippen LogP contribution in [-0.2, 0) is 0 Å². The zero-order chi connectivity index (χ0) is 17.8. The Kier molecular flexibility index (Phi) is 6.58. The van der Waals surface area contributed by atoms with Crippen LogP contribution in [0.3, 0.4) is 0 Å². The Morgan fingerprint density at radius 1 is 0.808 bits per heavy atom. The second-order valence-electron chi connectivity index (χ2n) is 6.01. The Morgan fingerprint density at radius 3 is 1.88 bits per heavy atom. The van der Waals surface area contributed by atoms with Crippen LogP contribution in [0.4, 0.5) is 10.1 Å². The highest BCUT2D eigenvalue weighted by Gasteiger charge is 2.25. The molecule has 1 aliphatic heterocycles. The molecule has 0 bridgehead atoms. The number of carbonyl (C=O) groups excluding carboxylic acids is 2. The molecular weight excluding hydrogens is 357 g/mol. The lowest BCUT2D eigenvalue weighted by Gasteiger charge is -2.23. The van der Waals surface area contributed by atoms with Gasteiger partial charge in [-0.3, -0.25) is 9.59 Å². The molecule has 0 saturated carbocycles. The molecule has 0 aliphatic carbocycles. The van der Waals surface area contributed by atoms with Crippen LogP contribution in [0.15, 0.2) is 48.5 Å². The maximum absolute atomic E-state index is 13.8. The summed E-state index contributed by atoms with van der Waals surface area (Å²) in [7, 11) is 0. The summed E-state index contributed by atoms with van der Waals surface area (Å²) in [4.78, 5) is 28.5. The van der Waals surface area contributed by atoms with Crippen LogP contribution in [0.2, 0.25) is 0 Å². The minimum Gasteiger partial charge on any atom is -0.398 e. The highest BCUT2D eigenvalue weighted by Crippen LogP contribution is 2.17. The molecule has 2 N–H and O–H groups in total. The molecule has 3 rings (SSSR count). The average Bonchev–Trinajstić information content (AvgIpc) is 2.87. The molecule has 1 saturated heterocycles. The maximum atomic E-state index is 13.8. The summed E-state index contributed by atoms with van der Waals surface area (Å²) in [5, 5.41) is 0. The molecule has 1 fully saturated rings. The fourth-order valence-electron chi connectivity index (χ4n) is 2.99. The predicted molar refractivity (Wildman–Crippen MR) is 101 cm³/mol. The number of para-hydroxylation sites is 1. The van der Waals surface area contributed by atoms with Gasteiger partial charge in [-0.15, -0.1) is 12.4 Å². The lowest BCUT2D eigenvalue weighted by molar-refractivity contribution is 0.0716. The molecule has 26 heavy (non-hydrogen) atoms. The summed E-state index contributed by atoms with van der Waals surface area (Å²) in [6.45, 7) is 1.79. The maximum Gasteiger partial charge on any atom is 0.256 e. The van der Waals surface area contributed by atoms with Gasteiger partial charge >= 0.3 is 0 Å². The fraction of sp³-hybridized carbons (Fsp3) is 0.263. The Balaban J connectivity index is 0.00000243. The summed E-state index contributed by atoms with van der Waals surface area (Å²) in [6, 6.07) is 12.9. The molecule has 1 aliphatic rings. The number of nitrogens with two attached hydrogens (primary N) is 1. The number of anilines is 1. The van der Waals surface area contributed by atoms with Crippen LogP contribution in [-0.4, -0.2) is 47.8 Å². The predicted octanol–water partition coefficient (Wildman–Crippen LogP) is 2.82. The van der Waals surface area contributed by atoms with E-state index in [4.69, 9.17) is 5.73 Å². The van der Waals surface area contributed by atoms with Crippen molar-refractivity contribution >= 4 is 29.9 Å². The molecule has 0 radical (unpaired) electrons. The molecule has 2 aromatic carbocycles. The lowest BCUT2D eigenvalue weighted by atomic mass is 10.1. The van der Waals surface area contributed by atoms with Gasteiger partial charge in [0.25, 0.3) is 11.8 Å². The van der Waals surface area contributed by atoms with Crippen molar-refractivity contribution in [2.24, 2.45) is 0 Å². The number of nitrogens with zero attached hydrogens (tertiary/aromatic N) is 2. The zero-order valence-electron chi connectivity index (χ0n) is 14.2. The monoisotopic (exact) mass is 377 g/mol. The molecule has 5 nitrogen and oxygen atoms in total. The molecule has 2 amide bonds. The quantitative estimate of drug-likeness (QED) is 0.818. The number of nitrogen functional groups attached to an aromatic ring is 1. The van der Waals surface area contributed by atoms with Gasteiger partial charge in [0.2, 0.25) is 0 Å². The van der Waals surface area contributed by atoms with Gasteiger partial charge in [-0.25, -0.2) is 4.39 Å². The first kappa shape index (κ1) is 19.7. The van der Waals surface area contributed by atoms with Crippen LogP contribution in [0.25, 0.3) is 0 Å². The van der Waals surface area contributed by atoms with Gasteiger partial charge in [0, 0.05) is 31.9 Å². The number of hydrogen-bond acceptors (Lipinski definition) is 3. The van der Waals surface area contributed by atoms with E-state index >= 15 is 0 Å². The number of benzene rings is 2. The van der Waals surface area contributed by atoms with Gasteiger partial charge in [-0.1, -0.05) is 24.3 Å². The van der Waals surface area contributed by atoms with E-state index in [1.807, 2.05) is 0 Å². The van der Waals surface area contributed by atoms with E-state index in [1.54, 1.807) is 46.2 Å². The number of halogens is 2. The summed E-state index contributed by atoms with van der Waals surface area (Å²) in [5.41, 5.74) is 6.86. The molecule has 0 atom stereocenters. The molecule has 0 spiro atoms. The van der Waals surface area contributed by atoms with Gasteiger partial charge in [0.05, 0.1) is 11.1 Å². The summed E-state index contributed by atoms with van der Waals surface area (Å²) < 4.78 is 13.8. The van der Waals surface area contributed by atoms with Crippen molar-refractivity contribution < 1.29 is 14.0 Å². The summed E-state index contributed by atoms with van der Waals surface area (Å²) >= 11 is 0. The van der Waals surface area contributed by atoms with Gasteiger partial charge < -0.3 is 15.5 Å². The van der Waals surface area contributed by atoms with Crippen LogP contribution >= 0.6 is 12.4 Å². The van der Waals surface area contributed by atoms with Crippen LogP contribution in [0.5, 0.6) is 0 Å². The van der Waals surface area contributed by atoms with E-state index in [0.29, 0.717) is 43.9 Å². The Morgan fingerprint density at radius 2 is 1.31 bits per heavy atom. The summed E-state index contributed by atoms with van der Waals surface area (Å²) in [5.74, 6) is -1.01. The van der Waals surface area contributed by atoms with Crippen molar-refractivity contribution in [2.45, 2.75) is 6.42 Å². The van der Waals surface area contributed by atoms with E-state index < -0.39 is 5.82 Å². The average molecular weight is 378 g/mol. The van der Waals surface area contributed by atoms with Gasteiger partial charge in [0.1, 0.15) is 5.82 Å². The third-order valence-electron chi connectivity index (χ3n) is 4.37. The second-order valence-corrected chi connectivity index (χ2v) is 6.01. The minimum absolute atomic E-state index is 0. The third kappa shape index (κ3) is 4.14. The largest absolute Gasteiger partial charge is 0.398 e. The first-order chi connectivity index (χ1) is 12.1. The second kappa shape index (κ2) is 8.67. The lowest BCUT2D eigenvalue weighted by Crippen LogP contribution is -2.37. The highest BCUT2D eigenvalue weighted by atomic mass is 35.5. The molecule has 0 unspecified atom stereocenters.